The van der Waals surface area contributed by atoms with Gasteiger partial charge in [-0.1, -0.05) is 39.7 Å². The maximum atomic E-state index is 2.36. The minimum atomic E-state index is 0.972. The minimum absolute atomic E-state index is 0.972. The van der Waals surface area contributed by atoms with E-state index in [1.807, 2.05) is 5.30 Å². The molecule has 0 nitrogen and oxygen atoms in total. The average Bonchev–Trinajstić information content (AvgIpc) is 2.51. The SMILES string of the molecule is Cc1p[pH]pc1C1CCCCCCC1. The Morgan fingerprint density at radius 1 is 1.00 bits per heavy atom. The Hall–Kier alpha value is 0.640. The summed E-state index contributed by atoms with van der Waals surface area (Å²) in [4.78, 5) is 0. The third-order valence-corrected chi connectivity index (χ3v) is 9.27. The normalized spacial score (nSPS) is 22.1. The maximum absolute atomic E-state index is 2.36. The molecular weight excluding hydrogens is 225 g/mol. The molecule has 3 heteroatoms. The fourth-order valence-electron chi connectivity index (χ4n) is 2.41. The minimum Gasteiger partial charge on any atom is -0.0813 e. The first-order chi connectivity index (χ1) is 6.88. The van der Waals surface area contributed by atoms with Crippen LogP contribution in [0.1, 0.15) is 61.5 Å². The summed E-state index contributed by atoms with van der Waals surface area (Å²) in [5.41, 5.74) is 0. The Morgan fingerprint density at radius 2 is 1.64 bits per heavy atom. The summed E-state index contributed by atoms with van der Waals surface area (Å²) in [6.45, 7) is 2.36. The smallest absolute Gasteiger partial charge is 0.00573 e. The molecule has 0 saturated heterocycles. The molecule has 1 atom stereocenters. The molecular formula is C11H19P3. The van der Waals surface area contributed by atoms with Crippen molar-refractivity contribution in [3.63, 3.8) is 0 Å². The monoisotopic (exact) mass is 244 g/mol. The van der Waals surface area contributed by atoms with Crippen molar-refractivity contribution in [3.05, 3.63) is 10.6 Å². The van der Waals surface area contributed by atoms with E-state index in [2.05, 4.69) is 6.92 Å². The molecule has 1 aromatic heterocycles. The van der Waals surface area contributed by atoms with Crippen molar-refractivity contribution in [1.82, 2.24) is 0 Å². The van der Waals surface area contributed by atoms with Gasteiger partial charge in [-0.05, 0) is 52.0 Å². The van der Waals surface area contributed by atoms with Gasteiger partial charge in [-0.25, -0.2) is 0 Å². The molecule has 1 aliphatic rings. The lowest BCUT2D eigenvalue weighted by Crippen LogP contribution is -2.00. The van der Waals surface area contributed by atoms with Gasteiger partial charge in [0.2, 0.25) is 0 Å². The van der Waals surface area contributed by atoms with Crippen LogP contribution >= 0.6 is 23.3 Å². The van der Waals surface area contributed by atoms with Crippen LogP contribution in [-0.2, 0) is 0 Å². The summed E-state index contributed by atoms with van der Waals surface area (Å²) in [6.07, 6.45) is 10.4. The second kappa shape index (κ2) is 5.65. The Labute approximate surface area is 92.0 Å². The van der Waals surface area contributed by atoms with E-state index in [0.717, 1.165) is 13.5 Å². The van der Waals surface area contributed by atoms with Gasteiger partial charge in [-0.2, -0.15) is 0 Å². The van der Waals surface area contributed by atoms with E-state index in [1.165, 1.54) is 44.9 Å². The Bertz CT molecular complexity index is 272. The van der Waals surface area contributed by atoms with Gasteiger partial charge in [0.05, 0.1) is 0 Å². The third-order valence-electron chi connectivity index (χ3n) is 3.25. The summed E-state index contributed by atoms with van der Waals surface area (Å²) < 4.78 is 0. The van der Waals surface area contributed by atoms with Gasteiger partial charge in [0.1, 0.15) is 0 Å². The topological polar surface area (TPSA) is 0 Å². The lowest BCUT2D eigenvalue weighted by atomic mass is 9.90. The van der Waals surface area contributed by atoms with Crippen LogP contribution in [0, 0.1) is 6.92 Å². The number of aryl methyl sites for hydroxylation is 1. The van der Waals surface area contributed by atoms with Crippen LogP contribution in [0.3, 0.4) is 0 Å². The van der Waals surface area contributed by atoms with Crippen molar-refractivity contribution in [1.29, 1.82) is 0 Å². The lowest BCUT2D eigenvalue weighted by Gasteiger charge is -2.19. The average molecular weight is 244 g/mol. The highest BCUT2D eigenvalue weighted by atomic mass is 32.1. The maximum Gasteiger partial charge on any atom is -0.00573 e. The molecule has 1 fully saturated rings. The quantitative estimate of drug-likeness (QED) is 0.567. The Balaban J connectivity index is 2.04. The zero-order chi connectivity index (χ0) is 9.80. The van der Waals surface area contributed by atoms with E-state index < -0.39 is 0 Å². The summed E-state index contributed by atoms with van der Waals surface area (Å²) in [5.74, 6) is 0.972. The van der Waals surface area contributed by atoms with Crippen molar-refractivity contribution in [2.75, 3.05) is 0 Å². The fourth-order valence-corrected chi connectivity index (χ4v) is 9.59. The van der Waals surface area contributed by atoms with Crippen molar-refractivity contribution in [3.8, 4) is 0 Å². The second-order valence-corrected chi connectivity index (χ2v) is 9.88. The third kappa shape index (κ3) is 2.82. The summed E-state index contributed by atoms with van der Waals surface area (Å²) >= 11 is 0. The van der Waals surface area contributed by atoms with Gasteiger partial charge in [-0.15, -0.1) is 0 Å². The molecule has 0 bridgehead atoms. The van der Waals surface area contributed by atoms with Gasteiger partial charge in [0, 0.05) is 0 Å². The predicted octanol–water partition coefficient (Wildman–Crippen LogP) is 6.01. The fraction of sp³-hybridized carbons (Fsp3) is 0.818. The predicted molar refractivity (Wildman–Crippen MR) is 70.8 cm³/mol. The van der Waals surface area contributed by atoms with E-state index in [-0.39, 0.29) is 0 Å². The van der Waals surface area contributed by atoms with Gasteiger partial charge in [0.15, 0.2) is 0 Å². The zero-order valence-electron chi connectivity index (χ0n) is 8.92. The summed E-state index contributed by atoms with van der Waals surface area (Å²) in [5, 5.41) is 3.56. The molecule has 0 aliphatic heterocycles. The molecule has 1 aliphatic carbocycles. The second-order valence-electron chi connectivity index (χ2n) is 4.34. The zero-order valence-corrected chi connectivity index (χ0v) is 11.7. The van der Waals surface area contributed by atoms with Crippen molar-refractivity contribution in [2.24, 2.45) is 0 Å². The number of hydrogen-bond donors (Lipinski definition) is 0. The van der Waals surface area contributed by atoms with Gasteiger partial charge in [-0.3, -0.25) is 0 Å². The molecule has 1 aromatic rings. The van der Waals surface area contributed by atoms with Crippen LogP contribution in [0.25, 0.3) is 0 Å². The molecule has 0 radical (unpaired) electrons. The van der Waals surface area contributed by atoms with Crippen LogP contribution in [0.4, 0.5) is 0 Å². The summed E-state index contributed by atoms with van der Waals surface area (Å²) in [7, 11) is 4.49. The van der Waals surface area contributed by atoms with Gasteiger partial charge < -0.3 is 0 Å². The lowest BCUT2D eigenvalue weighted by molar-refractivity contribution is 0.459. The first-order valence-electron chi connectivity index (χ1n) is 5.75. The highest BCUT2D eigenvalue weighted by Gasteiger charge is 2.16. The molecule has 0 amide bonds. The molecule has 78 valence electrons. The molecule has 0 spiro atoms. The van der Waals surface area contributed by atoms with Crippen molar-refractivity contribution >= 4 is 23.3 Å². The number of hydrogen-bond acceptors (Lipinski definition) is 0. The molecule has 0 N–H and O–H groups in total. The Morgan fingerprint density at radius 3 is 2.21 bits per heavy atom. The van der Waals surface area contributed by atoms with E-state index in [9.17, 15) is 0 Å². The molecule has 14 heavy (non-hydrogen) atoms. The van der Waals surface area contributed by atoms with Crippen LogP contribution in [-0.4, -0.2) is 0 Å². The highest BCUT2D eigenvalue weighted by Crippen LogP contribution is 2.47. The largest absolute Gasteiger partial charge is 0.0813 e. The molecule has 0 aromatic carbocycles. The first kappa shape index (κ1) is 11.1. The van der Waals surface area contributed by atoms with Crippen molar-refractivity contribution < 1.29 is 0 Å². The van der Waals surface area contributed by atoms with Gasteiger partial charge >= 0.3 is 0 Å². The van der Waals surface area contributed by atoms with Crippen LogP contribution in [0.5, 0.6) is 0 Å². The molecule has 1 saturated carbocycles. The number of rotatable bonds is 1. The van der Waals surface area contributed by atoms with Crippen molar-refractivity contribution in [2.45, 2.75) is 57.8 Å². The van der Waals surface area contributed by atoms with Crippen LogP contribution in [0.2, 0.25) is 0 Å². The van der Waals surface area contributed by atoms with E-state index >= 15 is 0 Å². The van der Waals surface area contributed by atoms with E-state index in [0.29, 0.717) is 0 Å². The molecule has 1 unspecified atom stereocenters. The van der Waals surface area contributed by atoms with Crippen LogP contribution < -0.4 is 0 Å². The summed E-state index contributed by atoms with van der Waals surface area (Å²) in [6, 6.07) is 0. The molecule has 2 rings (SSSR count). The van der Waals surface area contributed by atoms with Gasteiger partial charge in [0.25, 0.3) is 0 Å². The highest BCUT2D eigenvalue weighted by molar-refractivity contribution is 8.17. The molecule has 1 heterocycles. The van der Waals surface area contributed by atoms with E-state index in [4.69, 9.17) is 0 Å². The standard InChI is InChI=1S/C11H19P3/c1-9-11(13-14-12-9)10-7-5-3-2-4-6-8-10/h10,14H,2-8H2,1H3. The van der Waals surface area contributed by atoms with Crippen LogP contribution in [0.15, 0.2) is 0 Å². The Kier molecular flexibility index (Phi) is 4.49. The van der Waals surface area contributed by atoms with E-state index in [1.54, 1.807) is 21.0 Å². The first-order valence-corrected chi connectivity index (χ1v) is 10.2.